The normalized spacial score (nSPS) is 10.9. The maximum Gasteiger partial charge on any atom is 0.296 e. The molecule has 0 aliphatic carbocycles. The number of methoxy groups -OCH3 is 1. The number of nitrogens with one attached hydrogen (secondary N) is 1. The van der Waals surface area contributed by atoms with Crippen molar-refractivity contribution in [2.24, 2.45) is 0 Å². The van der Waals surface area contributed by atoms with Gasteiger partial charge in [0.25, 0.3) is 11.5 Å². The van der Waals surface area contributed by atoms with Crippen LogP contribution in [-0.2, 0) is 4.79 Å². The van der Waals surface area contributed by atoms with E-state index in [0.29, 0.717) is 16.7 Å². The fraction of sp³-hybridized carbons (Fsp3) is 0.294. The lowest BCUT2D eigenvalue weighted by Crippen LogP contribution is -2.15. The number of nitrogens with zero attached hydrogens (tertiary/aromatic N) is 5. The highest BCUT2D eigenvalue weighted by Gasteiger charge is 2.18. The van der Waals surface area contributed by atoms with Crippen LogP contribution >= 0.6 is 11.8 Å². The number of aryl methyl sites for hydroxylation is 2. The molecule has 28 heavy (non-hydrogen) atoms. The zero-order valence-corrected chi connectivity index (χ0v) is 16.5. The van der Waals surface area contributed by atoms with Gasteiger partial charge in [0.2, 0.25) is 11.1 Å². The maximum absolute atomic E-state index is 12.2. The number of benzene rings is 1. The minimum absolute atomic E-state index is 0.00290. The van der Waals surface area contributed by atoms with E-state index in [9.17, 15) is 14.9 Å². The number of carbonyl (C=O) groups is 1. The summed E-state index contributed by atoms with van der Waals surface area (Å²) in [5.41, 5.74) is 2.69. The first kappa shape index (κ1) is 19.5. The number of thioether (sulfide) groups is 1. The summed E-state index contributed by atoms with van der Waals surface area (Å²) >= 11 is 1.13. The first-order chi connectivity index (χ1) is 13.3. The average Bonchev–Trinajstić information content (AvgIpc) is 3.07. The van der Waals surface area contributed by atoms with E-state index in [0.717, 1.165) is 28.7 Å². The van der Waals surface area contributed by atoms with Crippen LogP contribution in [0.5, 0.6) is 5.75 Å². The van der Waals surface area contributed by atoms with Crippen LogP contribution in [-0.4, -0.2) is 43.3 Å². The van der Waals surface area contributed by atoms with Crippen LogP contribution in [0.2, 0.25) is 0 Å². The first-order valence-corrected chi connectivity index (χ1v) is 9.24. The number of aromatic nitrogens is 4. The van der Waals surface area contributed by atoms with Crippen LogP contribution in [0.4, 0.5) is 11.4 Å². The number of hydrogen-bond donors (Lipinski definition) is 1. The zero-order chi connectivity index (χ0) is 20.4. The number of amides is 1. The molecular weight excluding hydrogens is 384 g/mol. The highest BCUT2D eigenvalue weighted by atomic mass is 32.2. The van der Waals surface area contributed by atoms with Crippen LogP contribution in [0.25, 0.3) is 5.78 Å². The molecule has 0 aliphatic heterocycles. The lowest BCUT2D eigenvalue weighted by atomic mass is 10.2. The van der Waals surface area contributed by atoms with Crippen LogP contribution in [0.1, 0.15) is 17.0 Å². The quantitative estimate of drug-likeness (QED) is 0.379. The van der Waals surface area contributed by atoms with Gasteiger partial charge in [-0.1, -0.05) is 11.8 Å². The Morgan fingerprint density at radius 2 is 2.07 bits per heavy atom. The van der Waals surface area contributed by atoms with E-state index in [4.69, 9.17) is 4.74 Å². The van der Waals surface area contributed by atoms with Crippen molar-refractivity contribution in [2.75, 3.05) is 18.2 Å². The van der Waals surface area contributed by atoms with Crippen molar-refractivity contribution in [3.8, 4) is 5.75 Å². The fourth-order valence-electron chi connectivity index (χ4n) is 2.51. The molecule has 0 fully saturated rings. The molecule has 0 atom stereocenters. The molecular formula is C17H18N6O4S. The van der Waals surface area contributed by atoms with E-state index in [1.165, 1.54) is 19.2 Å². The van der Waals surface area contributed by atoms with Gasteiger partial charge in [0.05, 0.1) is 23.9 Å². The Morgan fingerprint density at radius 3 is 2.75 bits per heavy atom. The monoisotopic (exact) mass is 402 g/mol. The third-order valence-corrected chi connectivity index (χ3v) is 5.09. The van der Waals surface area contributed by atoms with Crippen LogP contribution < -0.4 is 10.1 Å². The molecule has 0 saturated carbocycles. The van der Waals surface area contributed by atoms with Crippen LogP contribution in [0, 0.1) is 30.9 Å². The molecule has 11 heteroatoms. The standard InChI is InChI=1S/C17H18N6O4S/c1-9-10(2)18-16-20-17(21-22(16)11(9)3)28-8-15(24)19-13-6-5-12(27-4)7-14(13)23(25)26/h5-7H,8H2,1-4H3,(H,19,24). The molecule has 0 bridgehead atoms. The van der Waals surface area contributed by atoms with E-state index in [1.807, 2.05) is 20.8 Å². The number of ether oxygens (including phenoxy) is 1. The van der Waals surface area contributed by atoms with Crippen molar-refractivity contribution in [1.82, 2.24) is 19.6 Å². The largest absolute Gasteiger partial charge is 0.496 e. The van der Waals surface area contributed by atoms with Crippen LogP contribution in [0.15, 0.2) is 23.4 Å². The molecule has 2 heterocycles. The maximum atomic E-state index is 12.2. The summed E-state index contributed by atoms with van der Waals surface area (Å²) in [4.78, 5) is 31.6. The molecule has 2 aromatic heterocycles. The Hall–Kier alpha value is -3.21. The van der Waals surface area contributed by atoms with Gasteiger partial charge in [-0.2, -0.15) is 4.98 Å². The summed E-state index contributed by atoms with van der Waals surface area (Å²) in [5.74, 6) is 0.391. The summed E-state index contributed by atoms with van der Waals surface area (Å²) in [7, 11) is 1.41. The second-order valence-corrected chi connectivity index (χ2v) is 6.93. The molecule has 0 spiro atoms. The summed E-state index contributed by atoms with van der Waals surface area (Å²) < 4.78 is 6.62. The predicted molar refractivity (Wildman–Crippen MR) is 104 cm³/mol. The van der Waals surface area contributed by atoms with Gasteiger partial charge in [0.15, 0.2) is 0 Å². The van der Waals surface area contributed by atoms with Gasteiger partial charge in [0, 0.05) is 11.4 Å². The van der Waals surface area contributed by atoms with Crippen molar-refractivity contribution in [2.45, 2.75) is 25.9 Å². The zero-order valence-electron chi connectivity index (χ0n) is 15.7. The van der Waals surface area contributed by atoms with Crippen molar-refractivity contribution >= 4 is 34.8 Å². The number of anilines is 1. The number of hydrogen-bond acceptors (Lipinski definition) is 8. The molecule has 0 saturated heterocycles. The minimum Gasteiger partial charge on any atom is -0.496 e. The Kier molecular flexibility index (Phi) is 5.45. The average molecular weight is 402 g/mol. The van der Waals surface area contributed by atoms with E-state index < -0.39 is 10.8 Å². The topological polar surface area (TPSA) is 125 Å². The Bertz CT molecular complexity index is 1080. The lowest BCUT2D eigenvalue weighted by Gasteiger charge is -2.06. The molecule has 0 unspecified atom stereocenters. The summed E-state index contributed by atoms with van der Waals surface area (Å²) in [5, 5.41) is 18.5. The molecule has 146 valence electrons. The number of nitro benzene ring substituents is 1. The van der Waals surface area contributed by atoms with E-state index in [-0.39, 0.29) is 17.1 Å². The van der Waals surface area contributed by atoms with Crippen molar-refractivity contribution in [1.29, 1.82) is 0 Å². The molecule has 0 aliphatic rings. The van der Waals surface area contributed by atoms with Gasteiger partial charge in [-0.05, 0) is 38.5 Å². The summed E-state index contributed by atoms with van der Waals surface area (Å²) in [6, 6.07) is 4.23. The fourth-order valence-corrected chi connectivity index (χ4v) is 3.13. The molecule has 3 rings (SSSR count). The molecule has 1 amide bonds. The number of rotatable bonds is 6. The third kappa shape index (κ3) is 3.88. The second kappa shape index (κ2) is 7.80. The Balaban J connectivity index is 1.72. The SMILES string of the molecule is COc1ccc(NC(=O)CSc2nc3nc(C)c(C)c(C)n3n2)c([N+](=O)[O-])c1. The summed E-state index contributed by atoms with van der Waals surface area (Å²) in [6.07, 6.45) is 0. The summed E-state index contributed by atoms with van der Waals surface area (Å²) in [6.45, 7) is 5.79. The smallest absolute Gasteiger partial charge is 0.296 e. The first-order valence-electron chi connectivity index (χ1n) is 8.25. The van der Waals surface area contributed by atoms with E-state index in [2.05, 4.69) is 20.4 Å². The lowest BCUT2D eigenvalue weighted by molar-refractivity contribution is -0.384. The van der Waals surface area contributed by atoms with Gasteiger partial charge < -0.3 is 10.1 Å². The van der Waals surface area contributed by atoms with E-state index >= 15 is 0 Å². The van der Waals surface area contributed by atoms with Crippen molar-refractivity contribution in [3.63, 3.8) is 0 Å². The Labute approximate surface area is 164 Å². The number of nitro groups is 1. The second-order valence-electron chi connectivity index (χ2n) is 5.99. The molecule has 10 nitrogen and oxygen atoms in total. The Morgan fingerprint density at radius 1 is 1.32 bits per heavy atom. The third-order valence-electron chi connectivity index (χ3n) is 4.25. The molecule has 1 N–H and O–H groups in total. The molecule has 3 aromatic rings. The highest BCUT2D eigenvalue weighted by molar-refractivity contribution is 7.99. The highest BCUT2D eigenvalue weighted by Crippen LogP contribution is 2.29. The number of carbonyl (C=O) groups excluding carboxylic acids is 1. The molecule has 0 radical (unpaired) electrons. The molecule has 1 aromatic carbocycles. The van der Waals surface area contributed by atoms with Gasteiger partial charge in [-0.3, -0.25) is 14.9 Å². The van der Waals surface area contributed by atoms with Crippen molar-refractivity contribution in [3.05, 3.63) is 45.3 Å². The van der Waals surface area contributed by atoms with Gasteiger partial charge in [-0.15, -0.1) is 5.10 Å². The van der Waals surface area contributed by atoms with Crippen molar-refractivity contribution < 1.29 is 14.5 Å². The van der Waals surface area contributed by atoms with Crippen LogP contribution in [0.3, 0.4) is 0 Å². The van der Waals surface area contributed by atoms with E-state index in [1.54, 1.807) is 10.6 Å². The van der Waals surface area contributed by atoms with Gasteiger partial charge >= 0.3 is 0 Å². The van der Waals surface area contributed by atoms with Gasteiger partial charge in [-0.25, -0.2) is 9.50 Å². The predicted octanol–water partition coefficient (Wildman–Crippen LogP) is 2.70. The van der Waals surface area contributed by atoms with Gasteiger partial charge in [0.1, 0.15) is 11.4 Å². The number of fused-ring (bicyclic) bond motifs is 1. The minimum atomic E-state index is -0.575.